The molecule has 1 rings (SSSR count). The molecule has 0 saturated carbocycles. The Labute approximate surface area is 98.2 Å². The Bertz CT molecular complexity index is 502. The second-order valence-electron chi connectivity index (χ2n) is 2.83. The number of halogens is 1. The maximum Gasteiger partial charge on any atom is 0.270 e. The van der Waals surface area contributed by atoms with E-state index in [1.54, 1.807) is 4.83 Å². The number of aryl methyl sites for hydroxylation is 1. The van der Waals surface area contributed by atoms with Crippen molar-refractivity contribution in [1.82, 2.24) is 4.83 Å². The predicted molar refractivity (Wildman–Crippen MR) is 59.6 cm³/mol. The van der Waals surface area contributed by atoms with Gasteiger partial charge in [0.1, 0.15) is 0 Å². The van der Waals surface area contributed by atoms with Crippen molar-refractivity contribution in [3.05, 3.63) is 33.9 Å². The highest BCUT2D eigenvalue weighted by Crippen LogP contribution is 2.20. The fraction of sp³-hybridized carbons (Fsp3) is 0.143. The van der Waals surface area contributed by atoms with Crippen molar-refractivity contribution in [3.8, 4) is 0 Å². The number of hydrogen-bond donors (Lipinski definition) is 2. The first-order valence-corrected chi connectivity index (χ1v) is 5.34. The third-order valence-electron chi connectivity index (χ3n) is 1.83. The van der Waals surface area contributed by atoms with E-state index in [1.165, 1.54) is 19.1 Å². The first-order chi connectivity index (χ1) is 6.88. The maximum absolute atomic E-state index is 11.3. The summed E-state index contributed by atoms with van der Waals surface area (Å²) >= 11 is 0. The van der Waals surface area contributed by atoms with E-state index < -0.39 is 14.9 Å². The van der Waals surface area contributed by atoms with E-state index in [-0.39, 0.29) is 23.0 Å². The highest BCUT2D eigenvalue weighted by atomic mass is 35.5. The van der Waals surface area contributed by atoms with Crippen LogP contribution in [0.25, 0.3) is 0 Å². The molecule has 0 aromatic heterocycles. The number of nitrogens with zero attached hydrogens (tertiary/aromatic N) is 1. The quantitative estimate of drug-likeness (QED) is 0.469. The van der Waals surface area contributed by atoms with Crippen LogP contribution in [0.5, 0.6) is 0 Å². The molecule has 0 fully saturated rings. The lowest BCUT2D eigenvalue weighted by Crippen LogP contribution is -2.30. The summed E-state index contributed by atoms with van der Waals surface area (Å²) in [6.07, 6.45) is 0. The van der Waals surface area contributed by atoms with Gasteiger partial charge in [-0.05, 0) is 12.5 Å². The standard InChI is InChI=1S/C7H9N3O4S.ClH/c1-5-2-3-6(10(11)12)4-7(5)15(13,14)9-8;/h2-4,9H,8H2,1H3;1H. The molecule has 1 aromatic rings. The predicted octanol–water partition coefficient (Wildman–Crippen LogP) is 0.477. The number of nitro benzene ring substituents is 1. The van der Waals surface area contributed by atoms with Gasteiger partial charge in [-0.15, -0.1) is 12.4 Å². The van der Waals surface area contributed by atoms with Crippen LogP contribution < -0.4 is 10.7 Å². The van der Waals surface area contributed by atoms with Gasteiger partial charge in [0, 0.05) is 12.1 Å². The average Bonchev–Trinajstić information content (AvgIpc) is 2.17. The van der Waals surface area contributed by atoms with Crippen LogP contribution in [-0.4, -0.2) is 13.3 Å². The summed E-state index contributed by atoms with van der Waals surface area (Å²) in [5.41, 5.74) is 0.0907. The van der Waals surface area contributed by atoms with Crippen LogP contribution in [0.1, 0.15) is 5.56 Å². The first-order valence-electron chi connectivity index (χ1n) is 3.86. The van der Waals surface area contributed by atoms with Gasteiger partial charge in [-0.25, -0.2) is 8.42 Å². The van der Waals surface area contributed by atoms with E-state index in [0.717, 1.165) is 6.07 Å². The summed E-state index contributed by atoms with van der Waals surface area (Å²) in [5, 5.41) is 10.4. The summed E-state index contributed by atoms with van der Waals surface area (Å²) < 4.78 is 22.7. The van der Waals surface area contributed by atoms with Crippen LogP contribution in [-0.2, 0) is 10.0 Å². The lowest BCUT2D eigenvalue weighted by molar-refractivity contribution is -0.385. The van der Waals surface area contributed by atoms with E-state index in [2.05, 4.69) is 0 Å². The van der Waals surface area contributed by atoms with Crippen molar-refractivity contribution in [2.24, 2.45) is 5.84 Å². The molecule has 16 heavy (non-hydrogen) atoms. The van der Waals surface area contributed by atoms with Crippen molar-refractivity contribution >= 4 is 28.1 Å². The molecule has 0 amide bonds. The number of rotatable bonds is 3. The second kappa shape index (κ2) is 5.21. The minimum Gasteiger partial charge on any atom is -0.258 e. The molecule has 0 aliphatic rings. The zero-order valence-electron chi connectivity index (χ0n) is 8.21. The molecule has 90 valence electrons. The molecule has 3 N–H and O–H groups in total. The Morgan fingerprint density at radius 2 is 2.00 bits per heavy atom. The number of non-ortho nitro benzene ring substituents is 1. The fourth-order valence-corrected chi connectivity index (χ4v) is 1.95. The summed E-state index contributed by atoms with van der Waals surface area (Å²) in [7, 11) is -3.86. The third-order valence-corrected chi connectivity index (χ3v) is 3.16. The minimum atomic E-state index is -3.86. The Morgan fingerprint density at radius 1 is 1.44 bits per heavy atom. The number of nitro groups is 1. The van der Waals surface area contributed by atoms with E-state index >= 15 is 0 Å². The summed E-state index contributed by atoms with van der Waals surface area (Å²) in [6.45, 7) is 1.52. The van der Waals surface area contributed by atoms with Crippen LogP contribution in [0.15, 0.2) is 23.1 Å². The number of benzene rings is 1. The zero-order chi connectivity index (χ0) is 11.6. The minimum absolute atomic E-state index is 0. The van der Waals surface area contributed by atoms with Crippen LogP contribution in [0.3, 0.4) is 0 Å². The Morgan fingerprint density at radius 3 is 2.44 bits per heavy atom. The number of hydrogen-bond acceptors (Lipinski definition) is 5. The van der Waals surface area contributed by atoms with Gasteiger partial charge in [0.05, 0.1) is 9.82 Å². The Kier molecular flexibility index (Phi) is 4.81. The lowest BCUT2D eigenvalue weighted by Gasteiger charge is -2.05. The van der Waals surface area contributed by atoms with Gasteiger partial charge in [-0.2, -0.15) is 4.83 Å². The SMILES string of the molecule is Cc1ccc([N+](=O)[O-])cc1S(=O)(=O)NN.Cl. The zero-order valence-corrected chi connectivity index (χ0v) is 9.84. The number of nitrogens with two attached hydrogens (primary N) is 1. The van der Waals surface area contributed by atoms with Gasteiger partial charge >= 0.3 is 0 Å². The average molecular weight is 268 g/mol. The summed E-state index contributed by atoms with van der Waals surface area (Å²) in [4.78, 5) is 11.2. The molecule has 7 nitrogen and oxygen atoms in total. The molecule has 0 atom stereocenters. The van der Waals surface area contributed by atoms with E-state index in [9.17, 15) is 18.5 Å². The molecule has 0 spiro atoms. The van der Waals surface area contributed by atoms with Crippen molar-refractivity contribution in [2.45, 2.75) is 11.8 Å². The summed E-state index contributed by atoms with van der Waals surface area (Å²) in [5.74, 6) is 4.83. The number of hydrazine groups is 1. The molecule has 0 heterocycles. The molecular formula is C7H10ClN3O4S. The largest absolute Gasteiger partial charge is 0.270 e. The monoisotopic (exact) mass is 267 g/mol. The second-order valence-corrected chi connectivity index (χ2v) is 4.51. The number of sulfonamides is 1. The van der Waals surface area contributed by atoms with E-state index in [0.29, 0.717) is 5.56 Å². The van der Waals surface area contributed by atoms with Crippen molar-refractivity contribution in [2.75, 3.05) is 0 Å². The molecule has 1 aromatic carbocycles. The van der Waals surface area contributed by atoms with E-state index in [4.69, 9.17) is 5.84 Å². The highest BCUT2D eigenvalue weighted by molar-refractivity contribution is 7.89. The topological polar surface area (TPSA) is 115 Å². The van der Waals surface area contributed by atoms with Gasteiger partial charge in [0.25, 0.3) is 15.7 Å². The van der Waals surface area contributed by atoms with Crippen molar-refractivity contribution < 1.29 is 13.3 Å². The van der Waals surface area contributed by atoms with Gasteiger partial charge in [0.15, 0.2) is 0 Å². The molecule has 0 radical (unpaired) electrons. The molecule has 0 aliphatic carbocycles. The first kappa shape index (κ1) is 14.8. The Balaban J connectivity index is 0.00000225. The van der Waals surface area contributed by atoms with Gasteiger partial charge in [-0.3, -0.25) is 16.0 Å². The molecule has 9 heteroatoms. The van der Waals surface area contributed by atoms with Crippen LogP contribution in [0, 0.1) is 17.0 Å². The molecule has 0 unspecified atom stereocenters. The van der Waals surface area contributed by atoms with Crippen molar-refractivity contribution in [1.29, 1.82) is 0 Å². The van der Waals surface area contributed by atoms with Crippen molar-refractivity contribution in [3.63, 3.8) is 0 Å². The normalized spacial score (nSPS) is 10.6. The summed E-state index contributed by atoms with van der Waals surface area (Å²) in [6, 6.07) is 3.54. The Hall–Kier alpha value is -1.22. The van der Waals surface area contributed by atoms with E-state index in [1.807, 2.05) is 0 Å². The lowest BCUT2D eigenvalue weighted by atomic mass is 10.2. The fourth-order valence-electron chi connectivity index (χ4n) is 1.06. The van der Waals surface area contributed by atoms with Crippen LogP contribution >= 0.6 is 12.4 Å². The third kappa shape index (κ3) is 2.89. The highest BCUT2D eigenvalue weighted by Gasteiger charge is 2.18. The molecule has 0 aliphatic heterocycles. The molecule has 0 bridgehead atoms. The van der Waals surface area contributed by atoms with Gasteiger partial charge in [0.2, 0.25) is 0 Å². The smallest absolute Gasteiger partial charge is 0.258 e. The van der Waals surface area contributed by atoms with Crippen LogP contribution in [0.4, 0.5) is 5.69 Å². The van der Waals surface area contributed by atoms with Gasteiger partial charge < -0.3 is 0 Å². The molecule has 0 saturated heterocycles. The number of nitrogens with one attached hydrogen (secondary N) is 1. The molecular weight excluding hydrogens is 258 g/mol. The van der Waals surface area contributed by atoms with Crippen LogP contribution in [0.2, 0.25) is 0 Å². The maximum atomic E-state index is 11.3. The van der Waals surface area contributed by atoms with Gasteiger partial charge in [-0.1, -0.05) is 6.07 Å².